The molecule has 3 unspecified atom stereocenters. The van der Waals surface area contributed by atoms with E-state index in [-0.39, 0.29) is 25.0 Å². The van der Waals surface area contributed by atoms with Gasteiger partial charge in [0.05, 0.1) is 19.6 Å². The van der Waals surface area contributed by atoms with E-state index >= 15 is 0 Å². The van der Waals surface area contributed by atoms with E-state index in [1.54, 1.807) is 0 Å². The first-order valence-corrected chi connectivity index (χ1v) is 9.90. The molecule has 0 rings (SSSR count). The summed E-state index contributed by atoms with van der Waals surface area (Å²) in [6.07, 6.45) is 2.78. The van der Waals surface area contributed by atoms with E-state index in [2.05, 4.69) is 0 Å². The van der Waals surface area contributed by atoms with E-state index in [0.717, 1.165) is 25.7 Å². The summed E-state index contributed by atoms with van der Waals surface area (Å²) in [5, 5.41) is -1.94. The van der Waals surface area contributed by atoms with Crippen molar-refractivity contribution in [3.05, 3.63) is 0 Å². The van der Waals surface area contributed by atoms with Crippen molar-refractivity contribution < 1.29 is 32.0 Å². The minimum atomic E-state index is -4.74. The molecule has 3 atom stereocenters. The highest BCUT2D eigenvalue weighted by molar-refractivity contribution is 7.87. The molecule has 0 amide bonds. The molecule has 24 heavy (non-hydrogen) atoms. The summed E-state index contributed by atoms with van der Waals surface area (Å²) >= 11 is 0. The Balaban J connectivity index is 4.62. The average molecular weight is 366 g/mol. The quantitative estimate of drug-likeness (QED) is 0.418. The molecule has 142 valence electrons. The Kier molecular flexibility index (Phi) is 10.9. The molecule has 0 fully saturated rings. The summed E-state index contributed by atoms with van der Waals surface area (Å²) < 4.78 is 41.8. The number of carbonyl (C=O) groups is 2. The zero-order valence-corrected chi connectivity index (χ0v) is 15.8. The van der Waals surface area contributed by atoms with Crippen LogP contribution < -0.4 is 0 Å². The molecule has 1 N–H and O–H groups in total. The number of esters is 2. The number of carbonyl (C=O) groups excluding carboxylic acids is 2. The molecular weight excluding hydrogens is 336 g/mol. The van der Waals surface area contributed by atoms with Crippen LogP contribution >= 0.6 is 0 Å². The van der Waals surface area contributed by atoms with Crippen LogP contribution in [0.5, 0.6) is 0 Å². The van der Waals surface area contributed by atoms with Gasteiger partial charge in [-0.25, -0.2) is 0 Å². The van der Waals surface area contributed by atoms with E-state index in [9.17, 15) is 22.6 Å². The Bertz CT molecular complexity index is 487. The predicted octanol–water partition coefficient (Wildman–Crippen LogP) is 2.59. The Morgan fingerprint density at radius 2 is 1.42 bits per heavy atom. The third kappa shape index (κ3) is 9.87. The van der Waals surface area contributed by atoms with Crippen LogP contribution in [0.2, 0.25) is 0 Å². The van der Waals surface area contributed by atoms with Gasteiger partial charge < -0.3 is 9.47 Å². The van der Waals surface area contributed by atoms with Crippen molar-refractivity contribution in [1.29, 1.82) is 0 Å². The van der Waals surface area contributed by atoms with Crippen molar-refractivity contribution in [1.82, 2.24) is 0 Å². The van der Waals surface area contributed by atoms with Crippen molar-refractivity contribution in [2.24, 2.45) is 11.8 Å². The highest BCUT2D eigenvalue weighted by Crippen LogP contribution is 2.13. The van der Waals surface area contributed by atoms with Crippen molar-refractivity contribution >= 4 is 22.1 Å². The fourth-order valence-corrected chi connectivity index (χ4v) is 2.88. The Morgan fingerprint density at radius 1 is 0.958 bits per heavy atom. The number of rotatable bonds is 12. The van der Waals surface area contributed by atoms with Gasteiger partial charge >= 0.3 is 11.9 Å². The second-order valence-electron chi connectivity index (χ2n) is 6.31. The van der Waals surface area contributed by atoms with Crippen LogP contribution in [0.4, 0.5) is 0 Å². The van der Waals surface area contributed by atoms with Crippen molar-refractivity contribution in [3.8, 4) is 0 Å². The van der Waals surface area contributed by atoms with Crippen LogP contribution in [0, 0.1) is 11.8 Å². The fraction of sp³-hybridized carbons (Fsp3) is 0.875. The van der Waals surface area contributed by atoms with Gasteiger partial charge in [-0.3, -0.25) is 14.1 Å². The first kappa shape index (κ1) is 22.9. The first-order chi connectivity index (χ1) is 11.1. The maximum atomic E-state index is 11.9. The summed E-state index contributed by atoms with van der Waals surface area (Å²) in [6, 6.07) is 0. The minimum Gasteiger partial charge on any atom is -0.465 e. The van der Waals surface area contributed by atoms with Gasteiger partial charge in [-0.05, 0) is 24.7 Å². The van der Waals surface area contributed by atoms with Gasteiger partial charge in [0, 0.05) is 0 Å². The number of hydrogen-bond donors (Lipinski definition) is 1. The van der Waals surface area contributed by atoms with Gasteiger partial charge in [-0.15, -0.1) is 0 Å². The lowest BCUT2D eigenvalue weighted by Crippen LogP contribution is -2.35. The molecule has 0 saturated carbocycles. The Hall–Kier alpha value is -1.15. The average Bonchev–Trinajstić information content (AvgIpc) is 2.47. The summed E-state index contributed by atoms with van der Waals surface area (Å²) in [4.78, 5) is 23.7. The summed E-state index contributed by atoms with van der Waals surface area (Å²) in [6.45, 7) is 7.94. The SMILES string of the molecule is CCCC(C)COC(=O)CC(C(=O)OCC(C)CCC)S(=O)(=O)O. The first-order valence-electron chi connectivity index (χ1n) is 8.40. The molecule has 0 aliphatic heterocycles. The standard InChI is InChI=1S/C16H30O7S/c1-5-7-12(3)10-22-15(17)9-14(24(19,20)21)16(18)23-11-13(4)8-6-2/h12-14H,5-11H2,1-4H3,(H,19,20,21). The van der Waals surface area contributed by atoms with Crippen molar-refractivity contribution in [3.63, 3.8) is 0 Å². The highest BCUT2D eigenvalue weighted by atomic mass is 32.2. The van der Waals surface area contributed by atoms with Crippen LogP contribution in [0.15, 0.2) is 0 Å². The molecule has 7 nitrogen and oxygen atoms in total. The minimum absolute atomic E-state index is 0.0429. The van der Waals surface area contributed by atoms with Gasteiger partial charge in [-0.1, -0.05) is 40.5 Å². The van der Waals surface area contributed by atoms with Gasteiger partial charge in [0.1, 0.15) is 0 Å². The molecule has 0 aromatic rings. The summed E-state index contributed by atoms with van der Waals surface area (Å²) in [5.41, 5.74) is 0. The number of hydrogen-bond acceptors (Lipinski definition) is 6. The van der Waals surface area contributed by atoms with Crippen molar-refractivity contribution in [2.45, 2.75) is 65.0 Å². The molecule has 0 aromatic carbocycles. The third-order valence-corrected chi connectivity index (χ3v) is 4.65. The van der Waals surface area contributed by atoms with Gasteiger partial charge in [0.25, 0.3) is 10.1 Å². The molecule has 0 saturated heterocycles. The lowest BCUT2D eigenvalue weighted by atomic mass is 10.1. The zero-order chi connectivity index (χ0) is 18.8. The Labute approximate surface area is 144 Å². The van der Waals surface area contributed by atoms with Gasteiger partial charge in [0.15, 0.2) is 5.25 Å². The molecular formula is C16H30O7S. The molecule has 0 aliphatic carbocycles. The van der Waals surface area contributed by atoms with Gasteiger partial charge in [0.2, 0.25) is 0 Å². The van der Waals surface area contributed by atoms with Crippen LogP contribution in [0.1, 0.15) is 59.8 Å². The molecule has 0 heterocycles. The molecule has 0 bridgehead atoms. The van der Waals surface area contributed by atoms with Crippen LogP contribution in [-0.4, -0.2) is 43.4 Å². The molecule has 0 aliphatic rings. The third-order valence-electron chi connectivity index (χ3n) is 3.58. The van der Waals surface area contributed by atoms with Gasteiger partial charge in [-0.2, -0.15) is 8.42 Å². The maximum absolute atomic E-state index is 11.9. The smallest absolute Gasteiger partial charge is 0.327 e. The van der Waals surface area contributed by atoms with Crippen LogP contribution in [-0.2, 0) is 29.2 Å². The van der Waals surface area contributed by atoms with Crippen LogP contribution in [0.25, 0.3) is 0 Å². The van der Waals surface area contributed by atoms with Crippen LogP contribution in [0.3, 0.4) is 0 Å². The largest absolute Gasteiger partial charge is 0.465 e. The fourth-order valence-electron chi connectivity index (χ4n) is 2.23. The monoisotopic (exact) mass is 366 g/mol. The van der Waals surface area contributed by atoms with E-state index in [0.29, 0.717) is 0 Å². The maximum Gasteiger partial charge on any atom is 0.327 e. The topological polar surface area (TPSA) is 107 Å². The lowest BCUT2D eigenvalue weighted by molar-refractivity contribution is -0.151. The predicted molar refractivity (Wildman–Crippen MR) is 90.0 cm³/mol. The van der Waals surface area contributed by atoms with E-state index in [4.69, 9.17) is 9.47 Å². The normalized spacial score (nSPS) is 15.4. The summed E-state index contributed by atoms with van der Waals surface area (Å²) in [7, 11) is -4.74. The highest BCUT2D eigenvalue weighted by Gasteiger charge is 2.35. The molecule has 0 spiro atoms. The molecule has 8 heteroatoms. The molecule has 0 aromatic heterocycles. The second kappa shape index (κ2) is 11.4. The zero-order valence-electron chi connectivity index (χ0n) is 15.0. The van der Waals surface area contributed by atoms with E-state index in [1.807, 2.05) is 27.7 Å². The van der Waals surface area contributed by atoms with E-state index < -0.39 is 33.7 Å². The summed E-state index contributed by atoms with van der Waals surface area (Å²) in [5.74, 6) is -1.76. The van der Waals surface area contributed by atoms with E-state index in [1.165, 1.54) is 0 Å². The Morgan fingerprint density at radius 3 is 1.83 bits per heavy atom. The molecule has 0 radical (unpaired) electrons. The second-order valence-corrected chi connectivity index (χ2v) is 7.91. The number of ether oxygens (including phenoxy) is 2. The van der Waals surface area contributed by atoms with Crippen molar-refractivity contribution in [2.75, 3.05) is 13.2 Å². The lowest BCUT2D eigenvalue weighted by Gasteiger charge is -2.16.